The van der Waals surface area contributed by atoms with Gasteiger partial charge in [-0.05, 0) is 25.7 Å². The van der Waals surface area contributed by atoms with Gasteiger partial charge in [-0.2, -0.15) is 0 Å². The number of nitrogens with one attached hydrogen (secondary N) is 2. The molecule has 4 nitrogen and oxygen atoms in total. The van der Waals surface area contributed by atoms with Crippen LogP contribution in [0.2, 0.25) is 0 Å². The summed E-state index contributed by atoms with van der Waals surface area (Å²) >= 11 is 0. The maximum Gasteiger partial charge on any atom is 0.134 e. The zero-order valence-electron chi connectivity index (χ0n) is 13.1. The van der Waals surface area contributed by atoms with Crippen LogP contribution in [0, 0.1) is 12.8 Å². The Kier molecular flexibility index (Phi) is 5.62. The standard InChI is InChI=1S/C16H28N4/c1-4-7-14-19-15(17-3)12(2)16(20-14)18-11-10-13-8-5-6-9-13/h13H,4-11H2,1-3H3,(H2,17,18,19,20). The molecule has 112 valence electrons. The zero-order chi connectivity index (χ0) is 14.4. The van der Waals surface area contributed by atoms with Crippen molar-refractivity contribution < 1.29 is 0 Å². The van der Waals surface area contributed by atoms with Crippen molar-refractivity contribution in [2.75, 3.05) is 24.2 Å². The topological polar surface area (TPSA) is 49.8 Å². The van der Waals surface area contributed by atoms with Crippen molar-refractivity contribution in [2.45, 2.75) is 58.8 Å². The second-order valence-corrected chi connectivity index (χ2v) is 5.83. The van der Waals surface area contributed by atoms with Crippen LogP contribution in [0.3, 0.4) is 0 Å². The minimum absolute atomic E-state index is 0.920. The van der Waals surface area contributed by atoms with E-state index in [4.69, 9.17) is 0 Å². The second kappa shape index (κ2) is 7.46. The quantitative estimate of drug-likeness (QED) is 0.796. The van der Waals surface area contributed by atoms with Gasteiger partial charge in [0.2, 0.25) is 0 Å². The monoisotopic (exact) mass is 276 g/mol. The van der Waals surface area contributed by atoms with Crippen LogP contribution in [-0.2, 0) is 6.42 Å². The van der Waals surface area contributed by atoms with E-state index in [2.05, 4.69) is 34.4 Å². The minimum atomic E-state index is 0.920. The molecule has 0 radical (unpaired) electrons. The van der Waals surface area contributed by atoms with Crippen molar-refractivity contribution in [3.63, 3.8) is 0 Å². The number of anilines is 2. The van der Waals surface area contributed by atoms with E-state index in [1.807, 2.05) is 7.05 Å². The summed E-state index contributed by atoms with van der Waals surface area (Å²) in [6, 6.07) is 0. The lowest BCUT2D eigenvalue weighted by Gasteiger charge is -2.15. The van der Waals surface area contributed by atoms with Gasteiger partial charge in [0.1, 0.15) is 17.5 Å². The van der Waals surface area contributed by atoms with Gasteiger partial charge in [0.15, 0.2) is 0 Å². The van der Waals surface area contributed by atoms with E-state index >= 15 is 0 Å². The van der Waals surface area contributed by atoms with Gasteiger partial charge in [-0.3, -0.25) is 0 Å². The first-order chi connectivity index (χ1) is 9.74. The van der Waals surface area contributed by atoms with Crippen molar-refractivity contribution in [1.29, 1.82) is 0 Å². The molecule has 0 spiro atoms. The molecule has 0 bridgehead atoms. The molecule has 1 aliphatic rings. The molecule has 2 rings (SSSR count). The number of hydrogen-bond acceptors (Lipinski definition) is 4. The molecule has 0 unspecified atom stereocenters. The molecule has 1 aromatic rings. The summed E-state index contributed by atoms with van der Waals surface area (Å²) < 4.78 is 0. The van der Waals surface area contributed by atoms with Gasteiger partial charge >= 0.3 is 0 Å². The molecule has 20 heavy (non-hydrogen) atoms. The minimum Gasteiger partial charge on any atom is -0.373 e. The first kappa shape index (κ1) is 15.1. The van der Waals surface area contributed by atoms with Crippen molar-refractivity contribution in [1.82, 2.24) is 9.97 Å². The first-order valence-electron chi connectivity index (χ1n) is 8.03. The fraction of sp³-hybridized carbons (Fsp3) is 0.750. The van der Waals surface area contributed by atoms with Crippen molar-refractivity contribution in [3.8, 4) is 0 Å². The van der Waals surface area contributed by atoms with E-state index in [1.54, 1.807) is 0 Å². The average molecular weight is 276 g/mol. The molecule has 0 aliphatic heterocycles. The number of nitrogens with zero attached hydrogens (tertiary/aromatic N) is 2. The Hall–Kier alpha value is -1.32. The number of rotatable bonds is 7. The smallest absolute Gasteiger partial charge is 0.134 e. The highest BCUT2D eigenvalue weighted by molar-refractivity contribution is 5.56. The summed E-state index contributed by atoms with van der Waals surface area (Å²) in [7, 11) is 1.92. The molecule has 1 aromatic heterocycles. The van der Waals surface area contributed by atoms with Crippen molar-refractivity contribution >= 4 is 11.6 Å². The number of hydrogen-bond donors (Lipinski definition) is 2. The first-order valence-corrected chi connectivity index (χ1v) is 8.03. The molecule has 0 amide bonds. The van der Waals surface area contributed by atoms with E-state index in [0.717, 1.165) is 48.3 Å². The summed E-state index contributed by atoms with van der Waals surface area (Å²) in [5, 5.41) is 6.70. The van der Waals surface area contributed by atoms with Gasteiger partial charge in [-0.25, -0.2) is 9.97 Å². The van der Waals surface area contributed by atoms with E-state index in [9.17, 15) is 0 Å². The zero-order valence-corrected chi connectivity index (χ0v) is 13.1. The highest BCUT2D eigenvalue weighted by Gasteiger charge is 2.15. The van der Waals surface area contributed by atoms with E-state index in [-0.39, 0.29) is 0 Å². The molecule has 0 saturated heterocycles. The Morgan fingerprint density at radius 2 is 1.85 bits per heavy atom. The molecule has 1 saturated carbocycles. The van der Waals surface area contributed by atoms with Crippen LogP contribution in [0.4, 0.5) is 11.6 Å². The average Bonchev–Trinajstić information content (AvgIpc) is 2.95. The van der Waals surface area contributed by atoms with Crippen molar-refractivity contribution in [2.24, 2.45) is 5.92 Å². The van der Waals surface area contributed by atoms with Gasteiger partial charge in [0, 0.05) is 25.6 Å². The Morgan fingerprint density at radius 3 is 2.50 bits per heavy atom. The van der Waals surface area contributed by atoms with Crippen LogP contribution in [0.5, 0.6) is 0 Å². The Morgan fingerprint density at radius 1 is 1.15 bits per heavy atom. The molecule has 4 heteroatoms. The third-order valence-electron chi connectivity index (χ3n) is 4.22. The van der Waals surface area contributed by atoms with E-state index in [0.29, 0.717) is 0 Å². The maximum atomic E-state index is 4.67. The molecule has 0 aromatic carbocycles. The molecule has 0 atom stereocenters. The lowest BCUT2D eigenvalue weighted by molar-refractivity contribution is 0.518. The van der Waals surface area contributed by atoms with Crippen LogP contribution >= 0.6 is 0 Å². The SMILES string of the molecule is CCCc1nc(NC)c(C)c(NCCC2CCCC2)n1. The van der Waals surface area contributed by atoms with E-state index < -0.39 is 0 Å². The van der Waals surface area contributed by atoms with Gasteiger partial charge in [-0.15, -0.1) is 0 Å². The van der Waals surface area contributed by atoms with Crippen LogP contribution in [-0.4, -0.2) is 23.6 Å². The molecular weight excluding hydrogens is 248 g/mol. The highest BCUT2D eigenvalue weighted by Crippen LogP contribution is 2.27. The summed E-state index contributed by atoms with van der Waals surface area (Å²) in [5.74, 6) is 3.81. The van der Waals surface area contributed by atoms with Crippen molar-refractivity contribution in [3.05, 3.63) is 11.4 Å². The Bertz CT molecular complexity index is 425. The fourth-order valence-corrected chi connectivity index (χ4v) is 3.01. The van der Waals surface area contributed by atoms with E-state index in [1.165, 1.54) is 32.1 Å². The largest absolute Gasteiger partial charge is 0.373 e. The molecular formula is C16H28N4. The molecule has 1 aliphatic carbocycles. The predicted octanol–water partition coefficient (Wildman–Crippen LogP) is 3.77. The lowest BCUT2D eigenvalue weighted by Crippen LogP contribution is -2.12. The van der Waals surface area contributed by atoms with Gasteiger partial charge in [0.05, 0.1) is 0 Å². The van der Waals surface area contributed by atoms with Crippen LogP contribution in [0.15, 0.2) is 0 Å². The third-order valence-corrected chi connectivity index (χ3v) is 4.22. The summed E-state index contributed by atoms with van der Waals surface area (Å²) in [4.78, 5) is 9.24. The molecule has 1 heterocycles. The predicted molar refractivity (Wildman–Crippen MR) is 85.4 cm³/mol. The number of aryl methyl sites for hydroxylation is 1. The Balaban J connectivity index is 1.98. The summed E-state index contributed by atoms with van der Waals surface area (Å²) in [6.07, 6.45) is 8.94. The second-order valence-electron chi connectivity index (χ2n) is 5.83. The normalized spacial score (nSPS) is 15.6. The number of aromatic nitrogens is 2. The summed E-state index contributed by atoms with van der Waals surface area (Å²) in [5.41, 5.74) is 1.12. The summed E-state index contributed by atoms with van der Waals surface area (Å²) in [6.45, 7) is 5.27. The maximum absolute atomic E-state index is 4.67. The fourth-order valence-electron chi connectivity index (χ4n) is 3.01. The van der Waals surface area contributed by atoms with Crippen LogP contribution in [0.25, 0.3) is 0 Å². The van der Waals surface area contributed by atoms with Crippen LogP contribution < -0.4 is 10.6 Å². The van der Waals surface area contributed by atoms with Gasteiger partial charge < -0.3 is 10.6 Å². The van der Waals surface area contributed by atoms with Crippen LogP contribution in [0.1, 0.15) is 56.8 Å². The highest BCUT2D eigenvalue weighted by atomic mass is 15.1. The molecule has 2 N–H and O–H groups in total. The Labute approximate surface area is 122 Å². The third kappa shape index (κ3) is 3.84. The lowest BCUT2D eigenvalue weighted by atomic mass is 10.0. The van der Waals surface area contributed by atoms with Gasteiger partial charge in [0.25, 0.3) is 0 Å². The van der Waals surface area contributed by atoms with Gasteiger partial charge in [-0.1, -0.05) is 32.6 Å². The molecule has 1 fully saturated rings.